The molecule has 0 bridgehead atoms. The summed E-state index contributed by atoms with van der Waals surface area (Å²) in [6.45, 7) is 3.84. The molecule has 1 amide bonds. The number of alkyl halides is 3. The Morgan fingerprint density at radius 3 is 2.52 bits per heavy atom. The quantitative estimate of drug-likeness (QED) is 0.849. The van der Waals surface area contributed by atoms with Crippen LogP contribution in [-0.2, 0) is 22.3 Å². The van der Waals surface area contributed by atoms with Crippen LogP contribution >= 0.6 is 0 Å². The van der Waals surface area contributed by atoms with Crippen molar-refractivity contribution in [2.75, 3.05) is 11.9 Å². The predicted molar refractivity (Wildman–Crippen MR) is 73.7 cm³/mol. The molecule has 0 aliphatic heterocycles. The number of carbonyl (C=O) groups is 1. The van der Waals surface area contributed by atoms with Crippen molar-refractivity contribution >= 4 is 11.6 Å². The van der Waals surface area contributed by atoms with Crippen LogP contribution in [-0.4, -0.2) is 18.6 Å². The molecule has 118 valence electrons. The first-order chi connectivity index (χ1) is 9.72. The highest BCUT2D eigenvalue weighted by atomic mass is 19.4. The van der Waals surface area contributed by atoms with Crippen molar-refractivity contribution in [2.24, 2.45) is 5.73 Å². The fourth-order valence-electron chi connectivity index (χ4n) is 1.66. The van der Waals surface area contributed by atoms with Crippen LogP contribution in [0, 0.1) is 0 Å². The molecule has 0 saturated carbocycles. The molecule has 1 rings (SSSR count). The fourth-order valence-corrected chi connectivity index (χ4v) is 1.66. The van der Waals surface area contributed by atoms with Crippen molar-refractivity contribution in [3.05, 3.63) is 29.3 Å². The van der Waals surface area contributed by atoms with Crippen molar-refractivity contribution in [1.82, 2.24) is 0 Å². The van der Waals surface area contributed by atoms with Crippen LogP contribution in [0.5, 0.6) is 0 Å². The van der Waals surface area contributed by atoms with Crippen LogP contribution in [0.15, 0.2) is 18.2 Å². The van der Waals surface area contributed by atoms with Crippen LogP contribution in [0.2, 0.25) is 0 Å². The SMILES string of the molecule is CC(C)OCCC(=O)Nc1cc(CN)cc(C(F)(F)F)c1. The lowest BCUT2D eigenvalue weighted by molar-refractivity contribution is -0.137. The van der Waals surface area contributed by atoms with Crippen molar-refractivity contribution in [3.8, 4) is 0 Å². The summed E-state index contributed by atoms with van der Waals surface area (Å²) in [5.74, 6) is -0.405. The molecule has 0 fully saturated rings. The van der Waals surface area contributed by atoms with Gasteiger partial charge in [-0.3, -0.25) is 4.79 Å². The van der Waals surface area contributed by atoms with Crippen LogP contribution in [0.25, 0.3) is 0 Å². The minimum Gasteiger partial charge on any atom is -0.378 e. The second-order valence-electron chi connectivity index (χ2n) is 4.84. The molecule has 1 aromatic rings. The monoisotopic (exact) mass is 304 g/mol. The number of benzene rings is 1. The van der Waals surface area contributed by atoms with E-state index in [-0.39, 0.29) is 31.4 Å². The maximum absolute atomic E-state index is 12.7. The standard InChI is InChI=1S/C14H19F3N2O2/c1-9(2)21-4-3-13(20)19-12-6-10(8-18)5-11(7-12)14(15,16)17/h5-7,9H,3-4,8,18H2,1-2H3,(H,19,20). The van der Waals surface area contributed by atoms with Gasteiger partial charge in [0.15, 0.2) is 0 Å². The van der Waals surface area contributed by atoms with Crippen LogP contribution in [0.4, 0.5) is 18.9 Å². The minimum absolute atomic E-state index is 0.00444. The smallest absolute Gasteiger partial charge is 0.378 e. The highest BCUT2D eigenvalue weighted by molar-refractivity contribution is 5.91. The van der Waals surface area contributed by atoms with Crippen LogP contribution in [0.3, 0.4) is 0 Å². The second-order valence-corrected chi connectivity index (χ2v) is 4.84. The van der Waals surface area contributed by atoms with Gasteiger partial charge in [-0.05, 0) is 37.6 Å². The first-order valence-corrected chi connectivity index (χ1v) is 6.55. The Morgan fingerprint density at radius 1 is 1.33 bits per heavy atom. The Kier molecular flexibility index (Phi) is 6.17. The summed E-state index contributed by atoms with van der Waals surface area (Å²) >= 11 is 0. The van der Waals surface area contributed by atoms with Gasteiger partial charge in [0, 0.05) is 12.2 Å². The zero-order valence-corrected chi connectivity index (χ0v) is 12.0. The fraction of sp³-hybridized carbons (Fsp3) is 0.500. The van der Waals surface area contributed by atoms with Crippen LogP contribution < -0.4 is 11.1 Å². The number of nitrogens with two attached hydrogens (primary N) is 1. The summed E-state index contributed by atoms with van der Waals surface area (Å²) in [5, 5.41) is 2.43. The van der Waals surface area contributed by atoms with E-state index in [1.165, 1.54) is 6.07 Å². The lowest BCUT2D eigenvalue weighted by Gasteiger charge is -2.13. The molecule has 0 saturated heterocycles. The summed E-state index contributed by atoms with van der Waals surface area (Å²) in [6.07, 6.45) is -4.41. The number of nitrogens with one attached hydrogen (secondary N) is 1. The third-order valence-corrected chi connectivity index (χ3v) is 2.62. The number of ether oxygens (including phenoxy) is 1. The third kappa shape index (κ3) is 6.14. The molecule has 0 aromatic heterocycles. The molecule has 1 aromatic carbocycles. The van der Waals surface area contributed by atoms with Crippen molar-refractivity contribution in [3.63, 3.8) is 0 Å². The van der Waals surface area contributed by atoms with Crippen molar-refractivity contribution in [1.29, 1.82) is 0 Å². The van der Waals surface area contributed by atoms with E-state index in [1.807, 2.05) is 13.8 Å². The van der Waals surface area contributed by atoms with E-state index in [2.05, 4.69) is 5.32 Å². The minimum atomic E-state index is -4.48. The van der Waals surface area contributed by atoms with Gasteiger partial charge in [-0.2, -0.15) is 13.2 Å². The number of hydrogen-bond donors (Lipinski definition) is 2. The molecule has 3 N–H and O–H groups in total. The summed E-state index contributed by atoms with van der Waals surface area (Å²) in [6, 6.07) is 3.29. The molecule has 0 aliphatic carbocycles. The predicted octanol–water partition coefficient (Wildman–Crippen LogP) is 2.92. The Balaban J connectivity index is 2.76. The van der Waals surface area contributed by atoms with Crippen LogP contribution in [0.1, 0.15) is 31.4 Å². The van der Waals surface area contributed by atoms with Crippen molar-refractivity contribution in [2.45, 2.75) is 39.1 Å². The highest BCUT2D eigenvalue weighted by Gasteiger charge is 2.31. The summed E-state index contributed by atoms with van der Waals surface area (Å²) in [4.78, 5) is 11.7. The first-order valence-electron chi connectivity index (χ1n) is 6.55. The van der Waals surface area contributed by atoms with E-state index in [0.717, 1.165) is 12.1 Å². The number of rotatable bonds is 6. The average molecular weight is 304 g/mol. The lowest BCUT2D eigenvalue weighted by atomic mass is 10.1. The Hall–Kier alpha value is -1.60. The van der Waals surface area contributed by atoms with E-state index >= 15 is 0 Å². The maximum Gasteiger partial charge on any atom is 0.416 e. The third-order valence-electron chi connectivity index (χ3n) is 2.62. The highest BCUT2D eigenvalue weighted by Crippen LogP contribution is 2.32. The van der Waals surface area contributed by atoms with Gasteiger partial charge in [-0.25, -0.2) is 0 Å². The average Bonchev–Trinajstić information content (AvgIpc) is 2.36. The zero-order valence-electron chi connectivity index (χ0n) is 12.0. The molecule has 0 unspecified atom stereocenters. The molecule has 4 nitrogen and oxygen atoms in total. The Morgan fingerprint density at radius 2 is 2.00 bits per heavy atom. The number of anilines is 1. The van der Waals surface area contributed by atoms with Gasteiger partial charge in [0.1, 0.15) is 0 Å². The van der Waals surface area contributed by atoms with Gasteiger partial charge in [0.05, 0.1) is 24.7 Å². The molecule has 7 heteroatoms. The van der Waals surface area contributed by atoms with Crippen molar-refractivity contribution < 1.29 is 22.7 Å². The first kappa shape index (κ1) is 17.5. The van der Waals surface area contributed by atoms with Gasteiger partial charge in [0.25, 0.3) is 0 Å². The van der Waals surface area contributed by atoms with E-state index in [9.17, 15) is 18.0 Å². The van der Waals surface area contributed by atoms with E-state index in [1.54, 1.807) is 0 Å². The van der Waals surface area contributed by atoms with E-state index in [0.29, 0.717) is 5.56 Å². The normalized spacial score (nSPS) is 11.8. The molecule has 0 spiro atoms. The van der Waals surface area contributed by atoms with Gasteiger partial charge in [0.2, 0.25) is 5.91 Å². The molecule has 0 heterocycles. The summed E-state index contributed by atoms with van der Waals surface area (Å²) in [7, 11) is 0. The number of hydrogen-bond acceptors (Lipinski definition) is 3. The molecule has 0 radical (unpaired) electrons. The molecular weight excluding hydrogens is 285 g/mol. The lowest BCUT2D eigenvalue weighted by Crippen LogP contribution is -2.17. The topological polar surface area (TPSA) is 64.3 Å². The summed E-state index contributed by atoms with van der Waals surface area (Å²) < 4.78 is 43.4. The molecular formula is C14H19F3N2O2. The maximum atomic E-state index is 12.7. The molecule has 21 heavy (non-hydrogen) atoms. The largest absolute Gasteiger partial charge is 0.416 e. The molecule has 0 aliphatic rings. The Labute approximate surface area is 121 Å². The Bertz CT molecular complexity index is 488. The van der Waals surface area contributed by atoms with Gasteiger partial charge < -0.3 is 15.8 Å². The number of carbonyl (C=O) groups excluding carboxylic acids is 1. The summed E-state index contributed by atoms with van der Waals surface area (Å²) in [5.41, 5.74) is 4.93. The second kappa shape index (κ2) is 7.42. The van der Waals surface area contributed by atoms with Gasteiger partial charge >= 0.3 is 6.18 Å². The van der Waals surface area contributed by atoms with E-state index in [4.69, 9.17) is 10.5 Å². The molecule has 0 atom stereocenters. The zero-order chi connectivity index (χ0) is 16.0. The number of amides is 1. The number of halogens is 3. The van der Waals surface area contributed by atoms with E-state index < -0.39 is 17.6 Å². The van der Waals surface area contributed by atoms with Gasteiger partial charge in [-0.1, -0.05) is 0 Å². The van der Waals surface area contributed by atoms with Gasteiger partial charge in [-0.15, -0.1) is 0 Å².